The van der Waals surface area contributed by atoms with Gasteiger partial charge in [0.2, 0.25) is 5.91 Å². The fourth-order valence-corrected chi connectivity index (χ4v) is 2.87. The molecule has 0 bridgehead atoms. The number of rotatable bonds is 3. The molecular formula is C14H17FN2OS. The van der Waals surface area contributed by atoms with Gasteiger partial charge in [-0.2, -0.15) is 0 Å². The summed E-state index contributed by atoms with van der Waals surface area (Å²) in [5.41, 5.74) is 6.31. The standard InChI is InChI=1S/C14H17FN2OS/c1-9-8-10(15)4-5-11(9)17-13(18)14(12(16)19)6-2-3-7-14/h4-5,8H,2-3,6-7H2,1H3,(H2,16,19)(H,17,18). The van der Waals surface area contributed by atoms with E-state index in [9.17, 15) is 9.18 Å². The van der Waals surface area contributed by atoms with Crippen molar-refractivity contribution in [2.45, 2.75) is 32.6 Å². The first-order chi connectivity index (χ1) is 8.95. The molecule has 3 N–H and O–H groups in total. The summed E-state index contributed by atoms with van der Waals surface area (Å²) in [7, 11) is 0. The van der Waals surface area contributed by atoms with Crippen LogP contribution < -0.4 is 11.1 Å². The zero-order valence-corrected chi connectivity index (χ0v) is 11.6. The van der Waals surface area contributed by atoms with Crippen LogP contribution in [0, 0.1) is 18.2 Å². The molecule has 1 aliphatic carbocycles. The van der Waals surface area contributed by atoms with Crippen molar-refractivity contribution in [1.29, 1.82) is 0 Å². The fraction of sp³-hybridized carbons (Fsp3) is 0.429. The molecule has 0 spiro atoms. The smallest absolute Gasteiger partial charge is 0.237 e. The van der Waals surface area contributed by atoms with Crippen molar-refractivity contribution in [3.63, 3.8) is 0 Å². The van der Waals surface area contributed by atoms with Gasteiger partial charge in [0.1, 0.15) is 5.82 Å². The maximum Gasteiger partial charge on any atom is 0.237 e. The van der Waals surface area contributed by atoms with Crippen LogP contribution >= 0.6 is 12.2 Å². The Hall–Kier alpha value is -1.49. The second-order valence-electron chi connectivity index (χ2n) is 5.07. The monoisotopic (exact) mass is 280 g/mol. The van der Waals surface area contributed by atoms with E-state index in [2.05, 4.69) is 5.32 Å². The van der Waals surface area contributed by atoms with E-state index in [0.717, 1.165) is 12.8 Å². The first-order valence-electron chi connectivity index (χ1n) is 6.33. The molecule has 102 valence electrons. The molecule has 19 heavy (non-hydrogen) atoms. The Kier molecular flexibility index (Phi) is 3.85. The minimum atomic E-state index is -0.740. The number of halogens is 1. The Morgan fingerprint density at radius 1 is 1.42 bits per heavy atom. The summed E-state index contributed by atoms with van der Waals surface area (Å²) in [5, 5.41) is 2.83. The van der Waals surface area contributed by atoms with Crippen molar-refractivity contribution in [2.24, 2.45) is 11.1 Å². The minimum Gasteiger partial charge on any atom is -0.392 e. The number of benzene rings is 1. The third-order valence-corrected chi connectivity index (χ3v) is 4.19. The molecule has 5 heteroatoms. The molecule has 1 amide bonds. The number of anilines is 1. The normalized spacial score (nSPS) is 17.2. The number of aryl methyl sites for hydroxylation is 1. The molecule has 0 unspecified atom stereocenters. The molecule has 3 nitrogen and oxygen atoms in total. The van der Waals surface area contributed by atoms with Crippen molar-refractivity contribution >= 4 is 28.8 Å². The van der Waals surface area contributed by atoms with Gasteiger partial charge in [-0.25, -0.2) is 4.39 Å². The summed E-state index contributed by atoms with van der Waals surface area (Å²) < 4.78 is 13.0. The highest BCUT2D eigenvalue weighted by molar-refractivity contribution is 7.80. The van der Waals surface area contributed by atoms with Crippen molar-refractivity contribution in [3.05, 3.63) is 29.6 Å². The van der Waals surface area contributed by atoms with Gasteiger partial charge in [0.05, 0.1) is 10.4 Å². The Balaban J connectivity index is 2.22. The van der Waals surface area contributed by atoms with Gasteiger partial charge in [-0.1, -0.05) is 25.1 Å². The van der Waals surface area contributed by atoms with Crippen molar-refractivity contribution in [1.82, 2.24) is 0 Å². The van der Waals surface area contributed by atoms with E-state index in [1.54, 1.807) is 13.0 Å². The average molecular weight is 280 g/mol. The highest BCUT2D eigenvalue weighted by atomic mass is 32.1. The SMILES string of the molecule is Cc1cc(F)ccc1NC(=O)C1(C(N)=S)CCCC1. The van der Waals surface area contributed by atoms with Gasteiger partial charge in [0.25, 0.3) is 0 Å². The molecule has 0 aliphatic heterocycles. The zero-order valence-electron chi connectivity index (χ0n) is 10.8. The molecular weight excluding hydrogens is 263 g/mol. The minimum absolute atomic E-state index is 0.174. The molecule has 1 aromatic carbocycles. The number of nitrogens with one attached hydrogen (secondary N) is 1. The lowest BCUT2D eigenvalue weighted by atomic mass is 9.85. The van der Waals surface area contributed by atoms with Crippen LogP contribution in [-0.4, -0.2) is 10.9 Å². The Labute approximate surface area is 117 Å². The van der Waals surface area contributed by atoms with Crippen molar-refractivity contribution in [2.75, 3.05) is 5.32 Å². The van der Waals surface area contributed by atoms with Crippen LogP contribution in [0.15, 0.2) is 18.2 Å². The average Bonchev–Trinajstić information content (AvgIpc) is 2.83. The molecule has 2 rings (SSSR count). The lowest BCUT2D eigenvalue weighted by Gasteiger charge is -2.26. The summed E-state index contributed by atoms with van der Waals surface area (Å²) in [6.45, 7) is 1.75. The van der Waals surface area contributed by atoms with Crippen LogP contribution in [0.3, 0.4) is 0 Å². The zero-order chi connectivity index (χ0) is 14.0. The van der Waals surface area contributed by atoms with Gasteiger partial charge < -0.3 is 11.1 Å². The van der Waals surface area contributed by atoms with Crippen LogP contribution in [-0.2, 0) is 4.79 Å². The van der Waals surface area contributed by atoms with Gasteiger partial charge in [-0.3, -0.25) is 4.79 Å². The summed E-state index contributed by atoms with van der Waals surface area (Å²) >= 11 is 5.07. The third kappa shape index (κ3) is 2.61. The summed E-state index contributed by atoms with van der Waals surface area (Å²) in [6, 6.07) is 4.27. The molecule has 0 heterocycles. The van der Waals surface area contributed by atoms with Gasteiger partial charge in [0.15, 0.2) is 0 Å². The predicted octanol–water partition coefficient (Wildman–Crippen LogP) is 2.92. The Bertz CT molecular complexity index is 524. The Morgan fingerprint density at radius 2 is 2.05 bits per heavy atom. The molecule has 0 radical (unpaired) electrons. The number of nitrogens with two attached hydrogens (primary N) is 1. The van der Waals surface area contributed by atoms with E-state index in [4.69, 9.17) is 18.0 Å². The molecule has 1 fully saturated rings. The van der Waals surface area contributed by atoms with Gasteiger partial charge >= 0.3 is 0 Å². The summed E-state index contributed by atoms with van der Waals surface area (Å²) in [5.74, 6) is -0.493. The quantitative estimate of drug-likeness (QED) is 0.837. The van der Waals surface area contributed by atoms with Gasteiger partial charge in [0, 0.05) is 5.69 Å². The number of carbonyl (C=O) groups excluding carboxylic acids is 1. The number of hydrogen-bond acceptors (Lipinski definition) is 2. The van der Waals surface area contributed by atoms with E-state index in [1.165, 1.54) is 12.1 Å². The van der Waals surface area contributed by atoms with E-state index in [1.807, 2.05) is 0 Å². The maximum atomic E-state index is 13.0. The molecule has 1 aromatic rings. The lowest BCUT2D eigenvalue weighted by molar-refractivity contribution is -0.122. The van der Waals surface area contributed by atoms with Crippen LogP contribution in [0.5, 0.6) is 0 Å². The van der Waals surface area contributed by atoms with E-state index in [0.29, 0.717) is 24.1 Å². The highest BCUT2D eigenvalue weighted by Crippen LogP contribution is 2.39. The fourth-order valence-electron chi connectivity index (χ4n) is 2.57. The number of amides is 1. The number of carbonyl (C=O) groups is 1. The largest absolute Gasteiger partial charge is 0.392 e. The molecule has 0 aromatic heterocycles. The highest BCUT2D eigenvalue weighted by Gasteiger charge is 2.44. The summed E-state index contributed by atoms with van der Waals surface area (Å²) in [6.07, 6.45) is 3.28. The molecule has 1 saturated carbocycles. The van der Waals surface area contributed by atoms with Crippen molar-refractivity contribution in [3.8, 4) is 0 Å². The first-order valence-corrected chi connectivity index (χ1v) is 6.74. The van der Waals surface area contributed by atoms with Crippen LogP contribution in [0.1, 0.15) is 31.2 Å². The van der Waals surface area contributed by atoms with Crippen LogP contribution in [0.2, 0.25) is 0 Å². The van der Waals surface area contributed by atoms with Crippen LogP contribution in [0.4, 0.5) is 10.1 Å². The number of hydrogen-bond donors (Lipinski definition) is 2. The van der Waals surface area contributed by atoms with E-state index < -0.39 is 5.41 Å². The molecule has 1 aliphatic rings. The second kappa shape index (κ2) is 5.25. The maximum absolute atomic E-state index is 13.0. The predicted molar refractivity (Wildman–Crippen MR) is 77.5 cm³/mol. The third-order valence-electron chi connectivity index (χ3n) is 3.80. The van der Waals surface area contributed by atoms with Gasteiger partial charge in [-0.15, -0.1) is 0 Å². The number of thiocarbonyl (C=S) groups is 1. The first kappa shape index (κ1) is 13.9. The second-order valence-corrected chi connectivity index (χ2v) is 5.51. The Morgan fingerprint density at radius 3 is 2.58 bits per heavy atom. The topological polar surface area (TPSA) is 55.1 Å². The van der Waals surface area contributed by atoms with Crippen molar-refractivity contribution < 1.29 is 9.18 Å². The van der Waals surface area contributed by atoms with E-state index in [-0.39, 0.29) is 16.7 Å². The molecule has 0 atom stereocenters. The lowest BCUT2D eigenvalue weighted by Crippen LogP contribution is -2.44. The molecule has 0 saturated heterocycles. The van der Waals surface area contributed by atoms with E-state index >= 15 is 0 Å². The van der Waals surface area contributed by atoms with Gasteiger partial charge in [-0.05, 0) is 43.5 Å². The summed E-state index contributed by atoms with van der Waals surface area (Å²) in [4.78, 5) is 12.7. The van der Waals surface area contributed by atoms with Crippen LogP contribution in [0.25, 0.3) is 0 Å².